The fourth-order valence-corrected chi connectivity index (χ4v) is 4.04. The quantitative estimate of drug-likeness (QED) is 0.847. The molecule has 1 amide bonds. The summed E-state index contributed by atoms with van der Waals surface area (Å²) in [7, 11) is 0. The van der Waals surface area contributed by atoms with Crippen LogP contribution in [0.2, 0.25) is 5.02 Å². The topological polar surface area (TPSA) is 61.8 Å². The Morgan fingerprint density at radius 3 is 2.89 bits per heavy atom. The van der Waals surface area contributed by atoms with Crippen LogP contribution in [-0.4, -0.2) is 41.9 Å². The van der Waals surface area contributed by atoms with Crippen molar-refractivity contribution >= 4 is 40.4 Å². The second-order valence-electron chi connectivity index (χ2n) is 7.49. The molecule has 1 N–H and O–H groups in total. The van der Waals surface area contributed by atoms with Gasteiger partial charge in [-0.2, -0.15) is 0 Å². The number of piperidine rings is 1. The first-order valence-corrected chi connectivity index (χ1v) is 9.80. The van der Waals surface area contributed by atoms with Crippen LogP contribution in [0.15, 0.2) is 41.4 Å². The summed E-state index contributed by atoms with van der Waals surface area (Å²) in [5, 5.41) is 3.56. The zero-order valence-corrected chi connectivity index (χ0v) is 16.7. The lowest BCUT2D eigenvalue weighted by atomic mass is 9.84. The normalized spacial score (nSPS) is 18.9. The van der Waals surface area contributed by atoms with Gasteiger partial charge < -0.3 is 5.32 Å². The first-order valence-electron chi connectivity index (χ1n) is 9.42. The number of nitrogens with zero attached hydrogens (tertiary/aromatic N) is 2. The number of hydrogen-bond donors (Lipinski definition) is 1. The molecular formula is C22H22ClN3O2. The van der Waals surface area contributed by atoms with E-state index in [-0.39, 0.29) is 24.2 Å². The van der Waals surface area contributed by atoms with Crippen molar-refractivity contribution in [2.24, 2.45) is 10.9 Å². The highest BCUT2D eigenvalue weighted by Gasteiger charge is 2.36. The molecule has 2 aliphatic rings. The SMILES string of the molecule is Cc1cccc(NC(=O)CN2CCC3=Nc4c(ccc(Cl)c4C)C(=O)C3C2)c1. The zero-order chi connectivity index (χ0) is 19.8. The Morgan fingerprint density at radius 1 is 1.29 bits per heavy atom. The van der Waals surface area contributed by atoms with E-state index in [4.69, 9.17) is 16.6 Å². The molecule has 0 radical (unpaired) electrons. The Hall–Kier alpha value is -2.50. The molecule has 2 aliphatic heterocycles. The minimum Gasteiger partial charge on any atom is -0.325 e. The van der Waals surface area contributed by atoms with Gasteiger partial charge in [-0.3, -0.25) is 19.5 Å². The molecule has 144 valence electrons. The predicted molar refractivity (Wildman–Crippen MR) is 112 cm³/mol. The van der Waals surface area contributed by atoms with Crippen LogP contribution in [-0.2, 0) is 4.79 Å². The molecule has 0 bridgehead atoms. The first kappa shape index (κ1) is 18.8. The van der Waals surface area contributed by atoms with Crippen LogP contribution in [0.5, 0.6) is 0 Å². The van der Waals surface area contributed by atoms with Gasteiger partial charge >= 0.3 is 0 Å². The molecule has 6 heteroatoms. The molecule has 1 fully saturated rings. The molecule has 2 aromatic carbocycles. The lowest BCUT2D eigenvalue weighted by Crippen LogP contribution is -2.47. The minimum absolute atomic E-state index is 0.0720. The van der Waals surface area contributed by atoms with Crippen molar-refractivity contribution in [1.82, 2.24) is 4.90 Å². The maximum atomic E-state index is 13.0. The van der Waals surface area contributed by atoms with E-state index in [1.165, 1.54) is 0 Å². The number of halogens is 1. The monoisotopic (exact) mass is 395 g/mol. The van der Waals surface area contributed by atoms with Crippen molar-refractivity contribution in [3.8, 4) is 0 Å². The van der Waals surface area contributed by atoms with E-state index >= 15 is 0 Å². The third-order valence-electron chi connectivity index (χ3n) is 5.40. The number of ketones is 1. The number of anilines is 1. The molecule has 0 saturated carbocycles. The Balaban J connectivity index is 1.46. The molecule has 0 aromatic heterocycles. The van der Waals surface area contributed by atoms with Crippen LogP contribution in [0.3, 0.4) is 0 Å². The van der Waals surface area contributed by atoms with Gasteiger partial charge in [0.1, 0.15) is 0 Å². The predicted octanol–water partition coefficient (Wildman–Crippen LogP) is 4.19. The Labute approximate surface area is 169 Å². The van der Waals surface area contributed by atoms with Crippen molar-refractivity contribution in [2.75, 3.05) is 25.0 Å². The van der Waals surface area contributed by atoms with Crippen LogP contribution < -0.4 is 5.32 Å². The van der Waals surface area contributed by atoms with Gasteiger partial charge in [0, 0.05) is 35.1 Å². The molecule has 1 saturated heterocycles. The molecule has 5 nitrogen and oxygen atoms in total. The first-order chi connectivity index (χ1) is 13.4. The molecule has 1 atom stereocenters. The van der Waals surface area contributed by atoms with E-state index in [1.807, 2.05) is 43.0 Å². The summed E-state index contributed by atoms with van der Waals surface area (Å²) >= 11 is 6.19. The van der Waals surface area contributed by atoms with Gasteiger partial charge in [-0.15, -0.1) is 0 Å². The highest BCUT2D eigenvalue weighted by molar-refractivity contribution is 6.32. The van der Waals surface area contributed by atoms with E-state index in [2.05, 4.69) is 5.32 Å². The number of carbonyl (C=O) groups is 2. The molecule has 1 unspecified atom stereocenters. The van der Waals surface area contributed by atoms with Crippen LogP contribution in [0.25, 0.3) is 0 Å². The number of benzene rings is 2. The van der Waals surface area contributed by atoms with Gasteiger partial charge in [0.15, 0.2) is 5.78 Å². The molecule has 0 spiro atoms. The van der Waals surface area contributed by atoms with Crippen LogP contribution >= 0.6 is 11.6 Å². The summed E-state index contributed by atoms with van der Waals surface area (Å²) < 4.78 is 0. The fourth-order valence-electron chi connectivity index (χ4n) is 3.89. The summed E-state index contributed by atoms with van der Waals surface area (Å²) in [6.45, 7) is 5.36. The Morgan fingerprint density at radius 2 is 2.11 bits per heavy atom. The van der Waals surface area contributed by atoms with Crippen molar-refractivity contribution in [3.05, 3.63) is 58.1 Å². The van der Waals surface area contributed by atoms with Crippen molar-refractivity contribution in [1.29, 1.82) is 0 Å². The third kappa shape index (κ3) is 3.60. The number of aliphatic imine (C=N–C) groups is 1. The van der Waals surface area contributed by atoms with Gasteiger partial charge in [-0.05, 0) is 55.7 Å². The van der Waals surface area contributed by atoms with Gasteiger partial charge in [-0.1, -0.05) is 23.7 Å². The second-order valence-corrected chi connectivity index (χ2v) is 7.90. The number of aryl methyl sites for hydroxylation is 1. The van der Waals surface area contributed by atoms with Crippen LogP contribution in [0, 0.1) is 19.8 Å². The number of fused-ring (bicyclic) bond motifs is 2. The van der Waals surface area contributed by atoms with E-state index in [0.29, 0.717) is 35.8 Å². The Kier molecular flexibility index (Phi) is 5.04. The van der Waals surface area contributed by atoms with E-state index in [9.17, 15) is 9.59 Å². The van der Waals surface area contributed by atoms with Gasteiger partial charge in [-0.25, -0.2) is 0 Å². The molecule has 4 rings (SSSR count). The largest absolute Gasteiger partial charge is 0.325 e. The Bertz CT molecular complexity index is 999. The van der Waals surface area contributed by atoms with E-state index in [0.717, 1.165) is 22.5 Å². The molecule has 2 heterocycles. The zero-order valence-electron chi connectivity index (χ0n) is 16.0. The molecule has 28 heavy (non-hydrogen) atoms. The highest BCUT2D eigenvalue weighted by atomic mass is 35.5. The van der Waals surface area contributed by atoms with Crippen LogP contribution in [0.1, 0.15) is 27.9 Å². The molecule has 0 aliphatic carbocycles. The maximum Gasteiger partial charge on any atom is 0.238 e. The lowest BCUT2D eigenvalue weighted by molar-refractivity contribution is -0.117. The number of nitrogens with one attached hydrogen (secondary N) is 1. The summed E-state index contributed by atoms with van der Waals surface area (Å²) in [4.78, 5) is 32.2. The number of Topliss-reactive ketones (excluding diaryl/α,β-unsaturated/α-hetero) is 1. The summed E-state index contributed by atoms with van der Waals surface area (Å²) in [5.74, 6) is -0.283. The van der Waals surface area contributed by atoms with Crippen molar-refractivity contribution < 1.29 is 9.59 Å². The maximum absolute atomic E-state index is 13.0. The van der Waals surface area contributed by atoms with Gasteiger partial charge in [0.25, 0.3) is 0 Å². The lowest BCUT2D eigenvalue weighted by Gasteiger charge is -2.35. The van der Waals surface area contributed by atoms with Crippen molar-refractivity contribution in [3.63, 3.8) is 0 Å². The summed E-state index contributed by atoms with van der Waals surface area (Å²) in [5.41, 5.74) is 4.96. The van der Waals surface area contributed by atoms with Gasteiger partial charge in [0.05, 0.1) is 18.2 Å². The standard InChI is InChI=1S/C22H22ClN3O2/c1-13-4-3-5-15(10-13)24-20(27)12-26-9-8-19-17(11-26)22(28)16-6-7-18(23)14(2)21(16)25-19/h3-7,10,17H,8-9,11-12H2,1-2H3,(H,24,27). The average molecular weight is 396 g/mol. The fraction of sp³-hybridized carbons (Fsp3) is 0.318. The second kappa shape index (κ2) is 7.49. The third-order valence-corrected chi connectivity index (χ3v) is 5.81. The smallest absolute Gasteiger partial charge is 0.238 e. The number of rotatable bonds is 3. The summed E-state index contributed by atoms with van der Waals surface area (Å²) in [6, 6.07) is 11.2. The highest BCUT2D eigenvalue weighted by Crippen LogP contribution is 2.37. The minimum atomic E-state index is -0.284. The van der Waals surface area contributed by atoms with E-state index in [1.54, 1.807) is 12.1 Å². The summed E-state index contributed by atoms with van der Waals surface area (Å²) in [6.07, 6.45) is 0.680. The number of hydrogen-bond acceptors (Lipinski definition) is 4. The van der Waals surface area contributed by atoms with E-state index < -0.39 is 0 Å². The average Bonchev–Trinajstić information content (AvgIpc) is 2.66. The number of amides is 1. The number of likely N-dealkylation sites (tertiary alicyclic amines) is 1. The molecular weight excluding hydrogens is 374 g/mol. The molecule has 2 aromatic rings. The number of carbonyl (C=O) groups excluding carboxylic acids is 2. The van der Waals surface area contributed by atoms with Crippen molar-refractivity contribution in [2.45, 2.75) is 20.3 Å². The van der Waals surface area contributed by atoms with Crippen LogP contribution in [0.4, 0.5) is 11.4 Å². The van der Waals surface area contributed by atoms with Gasteiger partial charge in [0.2, 0.25) is 5.91 Å².